The minimum absolute atomic E-state index is 0.0481. The predicted molar refractivity (Wildman–Crippen MR) is 77.6 cm³/mol. The summed E-state index contributed by atoms with van der Waals surface area (Å²) in [6, 6.07) is 9.42. The number of amides is 2. The zero-order valence-corrected chi connectivity index (χ0v) is 11.8. The molecule has 2 aromatic rings. The van der Waals surface area contributed by atoms with E-state index < -0.39 is 0 Å². The monoisotopic (exact) mass is 276 g/mol. The SMILES string of the molecule is CC(CO)N(C)C(=O)NCCc1cc2ccccc2o1. The van der Waals surface area contributed by atoms with E-state index in [1.165, 1.54) is 4.90 Å². The summed E-state index contributed by atoms with van der Waals surface area (Å²) >= 11 is 0. The van der Waals surface area contributed by atoms with Gasteiger partial charge in [-0.05, 0) is 19.1 Å². The first-order chi connectivity index (χ1) is 9.61. The summed E-state index contributed by atoms with van der Waals surface area (Å²) in [5, 5.41) is 12.9. The highest BCUT2D eigenvalue weighted by Crippen LogP contribution is 2.18. The number of fused-ring (bicyclic) bond motifs is 1. The third-order valence-corrected chi connectivity index (χ3v) is 3.37. The molecule has 2 amide bonds. The maximum atomic E-state index is 11.8. The van der Waals surface area contributed by atoms with Gasteiger partial charge in [0.1, 0.15) is 11.3 Å². The predicted octanol–water partition coefficient (Wildman–Crippen LogP) is 2.00. The molecule has 0 aliphatic heterocycles. The molecule has 0 bridgehead atoms. The number of rotatable bonds is 5. The molecule has 1 heterocycles. The normalized spacial score (nSPS) is 12.3. The van der Waals surface area contributed by atoms with Crippen molar-refractivity contribution >= 4 is 17.0 Å². The van der Waals surface area contributed by atoms with Gasteiger partial charge in [-0.25, -0.2) is 4.79 Å². The van der Waals surface area contributed by atoms with E-state index in [1.807, 2.05) is 30.3 Å². The third kappa shape index (κ3) is 3.30. The van der Waals surface area contributed by atoms with Crippen LogP contribution in [0.1, 0.15) is 12.7 Å². The van der Waals surface area contributed by atoms with Crippen LogP contribution < -0.4 is 5.32 Å². The van der Waals surface area contributed by atoms with Gasteiger partial charge < -0.3 is 19.7 Å². The highest BCUT2D eigenvalue weighted by atomic mass is 16.3. The van der Waals surface area contributed by atoms with Crippen molar-refractivity contribution in [3.63, 3.8) is 0 Å². The van der Waals surface area contributed by atoms with Gasteiger partial charge >= 0.3 is 6.03 Å². The number of nitrogens with one attached hydrogen (secondary N) is 1. The van der Waals surface area contributed by atoms with Gasteiger partial charge in [-0.3, -0.25) is 0 Å². The van der Waals surface area contributed by atoms with Crippen LogP contribution in [0.3, 0.4) is 0 Å². The highest BCUT2D eigenvalue weighted by Gasteiger charge is 2.14. The number of hydrogen-bond donors (Lipinski definition) is 2. The minimum atomic E-state index is -0.193. The Morgan fingerprint density at radius 1 is 1.45 bits per heavy atom. The molecule has 1 aromatic heterocycles. The lowest BCUT2D eigenvalue weighted by Gasteiger charge is -2.23. The van der Waals surface area contributed by atoms with E-state index in [-0.39, 0.29) is 18.7 Å². The second-order valence-corrected chi connectivity index (χ2v) is 4.87. The van der Waals surface area contributed by atoms with Gasteiger partial charge in [0.05, 0.1) is 12.6 Å². The maximum Gasteiger partial charge on any atom is 0.317 e. The Balaban J connectivity index is 1.85. The molecule has 5 heteroatoms. The second-order valence-electron chi connectivity index (χ2n) is 4.87. The number of aliphatic hydroxyl groups excluding tert-OH is 1. The first-order valence-corrected chi connectivity index (χ1v) is 6.71. The largest absolute Gasteiger partial charge is 0.461 e. The van der Waals surface area contributed by atoms with E-state index in [0.717, 1.165) is 16.7 Å². The fourth-order valence-electron chi connectivity index (χ4n) is 1.90. The van der Waals surface area contributed by atoms with Crippen molar-refractivity contribution < 1.29 is 14.3 Å². The van der Waals surface area contributed by atoms with Crippen molar-refractivity contribution in [3.8, 4) is 0 Å². The molecular weight excluding hydrogens is 256 g/mol. The molecule has 0 spiro atoms. The number of aliphatic hydroxyl groups is 1. The molecule has 1 aromatic carbocycles. The summed E-state index contributed by atoms with van der Waals surface area (Å²) in [5.74, 6) is 0.851. The number of likely N-dealkylation sites (N-methyl/N-ethyl adjacent to an activating group) is 1. The lowest BCUT2D eigenvalue weighted by atomic mass is 10.2. The van der Waals surface area contributed by atoms with Crippen LogP contribution in [-0.4, -0.2) is 42.3 Å². The summed E-state index contributed by atoms with van der Waals surface area (Å²) in [6.45, 7) is 2.24. The lowest BCUT2D eigenvalue weighted by molar-refractivity contribution is 0.157. The quantitative estimate of drug-likeness (QED) is 0.877. The molecule has 0 saturated carbocycles. The smallest absolute Gasteiger partial charge is 0.317 e. The number of nitrogens with zero attached hydrogens (tertiary/aromatic N) is 1. The van der Waals surface area contributed by atoms with Gasteiger partial charge in [0, 0.05) is 25.4 Å². The van der Waals surface area contributed by atoms with Crippen molar-refractivity contribution in [3.05, 3.63) is 36.1 Å². The number of hydrogen-bond acceptors (Lipinski definition) is 3. The summed E-state index contributed by atoms with van der Waals surface area (Å²) < 4.78 is 5.67. The van der Waals surface area contributed by atoms with Crippen molar-refractivity contribution in [2.75, 3.05) is 20.2 Å². The van der Waals surface area contributed by atoms with Gasteiger partial charge in [0.25, 0.3) is 0 Å². The number of urea groups is 1. The number of carbonyl (C=O) groups is 1. The molecule has 2 N–H and O–H groups in total. The van der Waals surface area contributed by atoms with Crippen LogP contribution in [-0.2, 0) is 6.42 Å². The molecular formula is C15H20N2O3. The second kappa shape index (κ2) is 6.43. The molecule has 108 valence electrons. The van der Waals surface area contributed by atoms with Gasteiger partial charge in [-0.15, -0.1) is 0 Å². The lowest BCUT2D eigenvalue weighted by Crippen LogP contribution is -2.44. The van der Waals surface area contributed by atoms with Crippen LogP contribution in [0.15, 0.2) is 34.7 Å². The average molecular weight is 276 g/mol. The van der Waals surface area contributed by atoms with Crippen LogP contribution in [0.25, 0.3) is 11.0 Å². The number of furan rings is 1. The van der Waals surface area contributed by atoms with Crippen LogP contribution in [0, 0.1) is 0 Å². The number of carbonyl (C=O) groups excluding carboxylic acids is 1. The zero-order valence-electron chi connectivity index (χ0n) is 11.8. The maximum absolute atomic E-state index is 11.8. The molecule has 1 atom stereocenters. The van der Waals surface area contributed by atoms with Gasteiger partial charge in [0.15, 0.2) is 0 Å². The van der Waals surface area contributed by atoms with E-state index in [4.69, 9.17) is 9.52 Å². The standard InChI is InChI=1S/C15H20N2O3/c1-11(10-18)17(2)15(19)16-8-7-13-9-12-5-3-4-6-14(12)20-13/h3-6,9,11,18H,7-8,10H2,1-2H3,(H,16,19). The van der Waals surface area contributed by atoms with Gasteiger partial charge in [0.2, 0.25) is 0 Å². The zero-order chi connectivity index (χ0) is 14.5. The molecule has 0 saturated heterocycles. The molecule has 1 unspecified atom stereocenters. The Hall–Kier alpha value is -2.01. The topological polar surface area (TPSA) is 65.7 Å². The summed E-state index contributed by atoms with van der Waals surface area (Å²) in [6.07, 6.45) is 0.641. The van der Waals surface area contributed by atoms with Crippen molar-refractivity contribution in [2.45, 2.75) is 19.4 Å². The first-order valence-electron chi connectivity index (χ1n) is 6.71. The van der Waals surface area contributed by atoms with Crippen LogP contribution in [0.5, 0.6) is 0 Å². The van der Waals surface area contributed by atoms with Crippen molar-refractivity contribution in [1.29, 1.82) is 0 Å². The summed E-state index contributed by atoms with van der Waals surface area (Å²) in [7, 11) is 1.66. The fraction of sp³-hybridized carbons (Fsp3) is 0.400. The van der Waals surface area contributed by atoms with Crippen molar-refractivity contribution in [1.82, 2.24) is 10.2 Å². The fourth-order valence-corrected chi connectivity index (χ4v) is 1.90. The Labute approximate surface area is 118 Å². The van der Waals surface area contributed by atoms with Gasteiger partial charge in [-0.2, -0.15) is 0 Å². The summed E-state index contributed by atoms with van der Waals surface area (Å²) in [5.41, 5.74) is 0.861. The first kappa shape index (κ1) is 14.4. The number of benzene rings is 1. The van der Waals surface area contributed by atoms with Gasteiger partial charge in [-0.1, -0.05) is 18.2 Å². The molecule has 2 rings (SSSR count). The van der Waals surface area contributed by atoms with E-state index in [2.05, 4.69) is 5.32 Å². The Morgan fingerprint density at radius 2 is 2.20 bits per heavy atom. The van der Waals surface area contributed by atoms with Crippen molar-refractivity contribution in [2.24, 2.45) is 0 Å². The highest BCUT2D eigenvalue weighted by molar-refractivity contribution is 5.77. The number of para-hydroxylation sites is 1. The summed E-state index contributed by atoms with van der Waals surface area (Å²) in [4.78, 5) is 13.3. The van der Waals surface area contributed by atoms with E-state index in [1.54, 1.807) is 14.0 Å². The molecule has 0 radical (unpaired) electrons. The Kier molecular flexibility index (Phi) is 4.63. The molecule has 5 nitrogen and oxygen atoms in total. The van der Waals surface area contributed by atoms with E-state index in [9.17, 15) is 4.79 Å². The van der Waals surface area contributed by atoms with Crippen LogP contribution in [0.2, 0.25) is 0 Å². The molecule has 0 fully saturated rings. The Bertz CT molecular complexity index is 546. The Morgan fingerprint density at radius 3 is 2.90 bits per heavy atom. The van der Waals surface area contributed by atoms with E-state index in [0.29, 0.717) is 13.0 Å². The van der Waals surface area contributed by atoms with E-state index >= 15 is 0 Å². The minimum Gasteiger partial charge on any atom is -0.461 e. The molecule has 0 aliphatic rings. The molecule has 0 aliphatic carbocycles. The third-order valence-electron chi connectivity index (χ3n) is 3.37. The average Bonchev–Trinajstić information content (AvgIpc) is 2.88. The van der Waals surface area contributed by atoms with Crippen LogP contribution >= 0.6 is 0 Å². The van der Waals surface area contributed by atoms with Crippen LogP contribution in [0.4, 0.5) is 4.79 Å². The molecule has 20 heavy (non-hydrogen) atoms.